The first-order chi connectivity index (χ1) is 6.13. The predicted molar refractivity (Wildman–Crippen MR) is 53.2 cm³/mol. The van der Waals surface area contributed by atoms with Crippen LogP contribution in [0.25, 0.3) is 6.08 Å². The SMILES string of the molecule is N#CC(=Cc1cc(Br)cs1)C(=O)O. The molecule has 66 valence electrons. The van der Waals surface area contributed by atoms with Crippen LogP contribution in [-0.4, -0.2) is 11.1 Å². The van der Waals surface area contributed by atoms with E-state index in [0.717, 1.165) is 9.35 Å². The average molecular weight is 258 g/mol. The van der Waals surface area contributed by atoms with Gasteiger partial charge in [0.05, 0.1) is 0 Å². The van der Waals surface area contributed by atoms with Gasteiger partial charge in [-0.2, -0.15) is 5.26 Å². The van der Waals surface area contributed by atoms with Crippen LogP contribution in [0, 0.1) is 11.3 Å². The Morgan fingerprint density at radius 2 is 2.46 bits per heavy atom. The molecule has 0 aliphatic carbocycles. The van der Waals surface area contributed by atoms with Gasteiger partial charge in [0.1, 0.15) is 11.6 Å². The standard InChI is InChI=1S/C8H4BrNO2S/c9-6-2-7(13-4-6)1-5(3-10)8(11)12/h1-2,4H,(H,11,12). The van der Waals surface area contributed by atoms with Crippen molar-refractivity contribution in [3.05, 3.63) is 26.4 Å². The van der Waals surface area contributed by atoms with E-state index in [-0.39, 0.29) is 5.57 Å². The smallest absolute Gasteiger partial charge is 0.346 e. The minimum atomic E-state index is -1.20. The molecule has 0 aliphatic rings. The van der Waals surface area contributed by atoms with E-state index in [0.29, 0.717) is 0 Å². The molecule has 0 unspecified atom stereocenters. The number of aliphatic carboxylic acids is 1. The molecule has 0 bridgehead atoms. The molecule has 3 nitrogen and oxygen atoms in total. The fourth-order valence-electron chi connectivity index (χ4n) is 0.688. The monoisotopic (exact) mass is 257 g/mol. The largest absolute Gasteiger partial charge is 0.477 e. The normalized spacial score (nSPS) is 10.9. The van der Waals surface area contributed by atoms with Crippen LogP contribution >= 0.6 is 27.3 Å². The molecule has 1 aromatic heterocycles. The van der Waals surface area contributed by atoms with Crippen molar-refractivity contribution in [2.75, 3.05) is 0 Å². The number of nitrogens with zero attached hydrogens (tertiary/aromatic N) is 1. The molecule has 0 fully saturated rings. The summed E-state index contributed by atoms with van der Waals surface area (Å²) in [5.74, 6) is -1.20. The van der Waals surface area contributed by atoms with Crippen molar-refractivity contribution >= 4 is 39.3 Å². The van der Waals surface area contributed by atoms with Gasteiger partial charge in [-0.3, -0.25) is 0 Å². The number of rotatable bonds is 2. The lowest BCUT2D eigenvalue weighted by Crippen LogP contribution is -1.96. The second kappa shape index (κ2) is 4.21. The molecule has 5 heteroatoms. The van der Waals surface area contributed by atoms with Gasteiger partial charge in [-0.1, -0.05) is 0 Å². The lowest BCUT2D eigenvalue weighted by atomic mass is 10.2. The maximum Gasteiger partial charge on any atom is 0.346 e. The van der Waals surface area contributed by atoms with Gasteiger partial charge < -0.3 is 5.11 Å². The Hall–Kier alpha value is -1.12. The molecule has 0 spiro atoms. The van der Waals surface area contributed by atoms with E-state index in [1.165, 1.54) is 17.4 Å². The van der Waals surface area contributed by atoms with Crippen molar-refractivity contribution in [2.45, 2.75) is 0 Å². The third-order valence-corrected chi connectivity index (χ3v) is 2.87. The Morgan fingerprint density at radius 1 is 1.77 bits per heavy atom. The highest BCUT2D eigenvalue weighted by molar-refractivity contribution is 9.10. The highest BCUT2D eigenvalue weighted by atomic mass is 79.9. The molecule has 1 N–H and O–H groups in total. The number of carboxylic acids is 1. The summed E-state index contributed by atoms with van der Waals surface area (Å²) in [5.41, 5.74) is -0.255. The molecule has 0 aromatic carbocycles. The van der Waals surface area contributed by atoms with Crippen LogP contribution in [0.4, 0.5) is 0 Å². The zero-order chi connectivity index (χ0) is 9.84. The number of carbonyl (C=O) groups is 1. The molecule has 0 saturated heterocycles. The second-order valence-corrected chi connectivity index (χ2v) is 4.00. The molecular weight excluding hydrogens is 254 g/mol. The van der Waals surface area contributed by atoms with Crippen molar-refractivity contribution in [1.29, 1.82) is 5.26 Å². The fourth-order valence-corrected chi connectivity index (χ4v) is 2.06. The van der Waals surface area contributed by atoms with Crippen LogP contribution in [0.2, 0.25) is 0 Å². The lowest BCUT2D eigenvalue weighted by Gasteiger charge is -1.86. The van der Waals surface area contributed by atoms with Gasteiger partial charge in [0.2, 0.25) is 0 Å². The molecule has 0 aliphatic heterocycles. The predicted octanol–water partition coefficient (Wildman–Crippen LogP) is 2.50. The average Bonchev–Trinajstić information content (AvgIpc) is 2.46. The minimum Gasteiger partial charge on any atom is -0.477 e. The summed E-state index contributed by atoms with van der Waals surface area (Å²) in [6, 6.07) is 3.37. The highest BCUT2D eigenvalue weighted by Crippen LogP contribution is 2.21. The minimum absolute atomic E-state index is 0.255. The van der Waals surface area contributed by atoms with Crippen LogP contribution in [-0.2, 0) is 4.79 Å². The van der Waals surface area contributed by atoms with Gasteiger partial charge >= 0.3 is 5.97 Å². The third kappa shape index (κ3) is 2.68. The number of hydrogen-bond donors (Lipinski definition) is 1. The van der Waals surface area contributed by atoms with Gasteiger partial charge in [0, 0.05) is 14.7 Å². The molecular formula is C8H4BrNO2S. The number of halogens is 1. The maximum atomic E-state index is 10.4. The first-order valence-electron chi connectivity index (χ1n) is 3.22. The molecule has 0 saturated carbocycles. The molecule has 1 rings (SSSR count). The van der Waals surface area contributed by atoms with Crippen molar-refractivity contribution in [3.8, 4) is 6.07 Å². The van der Waals surface area contributed by atoms with Crippen LogP contribution < -0.4 is 0 Å². The summed E-state index contributed by atoms with van der Waals surface area (Å²) in [5, 5.41) is 18.8. The first-order valence-corrected chi connectivity index (χ1v) is 4.90. The summed E-state index contributed by atoms with van der Waals surface area (Å²) >= 11 is 4.60. The number of hydrogen-bond acceptors (Lipinski definition) is 3. The summed E-state index contributed by atoms with van der Waals surface area (Å²) in [4.78, 5) is 11.2. The molecule has 0 atom stereocenters. The molecule has 1 aromatic rings. The zero-order valence-corrected chi connectivity index (χ0v) is 8.72. The molecule has 0 radical (unpaired) electrons. The first kappa shape index (κ1) is 9.96. The Kier molecular flexibility index (Phi) is 3.23. The summed E-state index contributed by atoms with van der Waals surface area (Å²) in [6.07, 6.45) is 1.34. The number of nitriles is 1. The van der Waals surface area contributed by atoms with Crippen LogP contribution in [0.15, 0.2) is 21.5 Å². The van der Waals surface area contributed by atoms with Gasteiger partial charge in [0.15, 0.2) is 0 Å². The molecule has 1 heterocycles. The Morgan fingerprint density at radius 3 is 2.85 bits per heavy atom. The number of carboxylic acid groups (broad SMARTS) is 1. The number of thiophene rings is 1. The maximum absolute atomic E-state index is 10.4. The third-order valence-electron chi connectivity index (χ3n) is 1.23. The van der Waals surface area contributed by atoms with Gasteiger partial charge in [-0.05, 0) is 28.1 Å². The Balaban J connectivity index is 3.00. The zero-order valence-electron chi connectivity index (χ0n) is 6.32. The van der Waals surface area contributed by atoms with Crippen molar-refractivity contribution in [3.63, 3.8) is 0 Å². The van der Waals surface area contributed by atoms with Gasteiger partial charge in [-0.25, -0.2) is 4.79 Å². The summed E-state index contributed by atoms with van der Waals surface area (Å²) < 4.78 is 0.881. The van der Waals surface area contributed by atoms with E-state index in [2.05, 4.69) is 15.9 Å². The van der Waals surface area contributed by atoms with Crippen LogP contribution in [0.5, 0.6) is 0 Å². The van der Waals surface area contributed by atoms with E-state index in [4.69, 9.17) is 10.4 Å². The van der Waals surface area contributed by atoms with E-state index in [1.54, 1.807) is 12.1 Å². The summed E-state index contributed by atoms with van der Waals surface area (Å²) in [7, 11) is 0. The highest BCUT2D eigenvalue weighted by Gasteiger charge is 2.06. The summed E-state index contributed by atoms with van der Waals surface area (Å²) in [6.45, 7) is 0. The molecule has 13 heavy (non-hydrogen) atoms. The fraction of sp³-hybridized carbons (Fsp3) is 0. The van der Waals surface area contributed by atoms with Gasteiger partial charge in [0.25, 0.3) is 0 Å². The van der Waals surface area contributed by atoms with E-state index in [9.17, 15) is 4.79 Å². The van der Waals surface area contributed by atoms with Gasteiger partial charge in [-0.15, -0.1) is 11.3 Å². The van der Waals surface area contributed by atoms with E-state index >= 15 is 0 Å². The Bertz CT molecular complexity index is 403. The van der Waals surface area contributed by atoms with E-state index in [1.807, 2.05) is 5.38 Å². The van der Waals surface area contributed by atoms with Crippen molar-refractivity contribution < 1.29 is 9.90 Å². The van der Waals surface area contributed by atoms with Crippen LogP contribution in [0.3, 0.4) is 0 Å². The molecule has 0 amide bonds. The Labute approximate surface area is 87.1 Å². The lowest BCUT2D eigenvalue weighted by molar-refractivity contribution is -0.132. The topological polar surface area (TPSA) is 61.1 Å². The van der Waals surface area contributed by atoms with E-state index < -0.39 is 5.97 Å². The van der Waals surface area contributed by atoms with Crippen molar-refractivity contribution in [1.82, 2.24) is 0 Å². The van der Waals surface area contributed by atoms with Crippen molar-refractivity contribution in [2.24, 2.45) is 0 Å². The van der Waals surface area contributed by atoms with Crippen LogP contribution in [0.1, 0.15) is 4.88 Å². The second-order valence-electron chi connectivity index (χ2n) is 2.14. The quantitative estimate of drug-likeness (QED) is 0.654.